The Morgan fingerprint density at radius 1 is 1.23 bits per heavy atom. The minimum absolute atomic E-state index is 0. The third-order valence-corrected chi connectivity index (χ3v) is 7.24. The predicted octanol–water partition coefficient (Wildman–Crippen LogP) is 4.31. The fourth-order valence-electron chi connectivity index (χ4n) is 2.38. The molecule has 0 N–H and O–H groups in total. The molecule has 2 rings (SSSR count). The molecule has 124 valence electrons. The lowest BCUT2D eigenvalue weighted by atomic mass is 10.2. The molecule has 22 heavy (non-hydrogen) atoms. The van der Waals surface area contributed by atoms with Crippen LogP contribution >= 0.6 is 35.8 Å². The minimum atomic E-state index is -3.36. The highest BCUT2D eigenvalue weighted by Crippen LogP contribution is 2.45. The molecule has 0 fully saturated rings. The van der Waals surface area contributed by atoms with Crippen LogP contribution in [0.3, 0.4) is 0 Å². The van der Waals surface area contributed by atoms with Crippen molar-refractivity contribution < 1.29 is 8.42 Å². The zero-order valence-electron chi connectivity index (χ0n) is 12.9. The normalized spacial score (nSPS) is 15.9. The summed E-state index contributed by atoms with van der Waals surface area (Å²) in [5, 5.41) is 0.458. The van der Waals surface area contributed by atoms with Gasteiger partial charge in [-0.2, -0.15) is 0 Å². The second-order valence-corrected chi connectivity index (χ2v) is 8.51. The lowest BCUT2D eigenvalue weighted by Crippen LogP contribution is -2.25. The fraction of sp³-hybridized carbons (Fsp3) is 0.467. The molecule has 1 heterocycles. The quantitative estimate of drug-likeness (QED) is 0.735. The van der Waals surface area contributed by atoms with Gasteiger partial charge in [0.2, 0.25) is 9.84 Å². The Bertz CT molecular complexity index is 668. The second-order valence-electron chi connectivity index (χ2n) is 4.90. The summed E-state index contributed by atoms with van der Waals surface area (Å²) in [5.74, 6) is 0.881. The molecular weight excluding hydrogens is 361 g/mol. The molecule has 0 bridgehead atoms. The van der Waals surface area contributed by atoms with Crippen LogP contribution in [0.5, 0.6) is 0 Å². The van der Waals surface area contributed by atoms with Gasteiger partial charge in [0.05, 0.1) is 9.80 Å². The van der Waals surface area contributed by atoms with E-state index in [1.54, 1.807) is 30.8 Å². The van der Waals surface area contributed by atoms with E-state index in [1.165, 1.54) is 0 Å². The first-order valence-corrected chi connectivity index (χ1v) is 9.87. The Morgan fingerprint density at radius 2 is 1.86 bits per heavy atom. The van der Waals surface area contributed by atoms with Crippen molar-refractivity contribution >= 4 is 50.5 Å². The van der Waals surface area contributed by atoms with Gasteiger partial charge < -0.3 is 4.90 Å². The number of thioether (sulfide) groups is 1. The van der Waals surface area contributed by atoms with Crippen molar-refractivity contribution in [2.45, 2.75) is 25.7 Å². The lowest BCUT2D eigenvalue weighted by Gasteiger charge is -2.17. The Balaban J connectivity index is 0.00000242. The molecule has 0 atom stereocenters. The summed E-state index contributed by atoms with van der Waals surface area (Å²) < 4.78 is 24.8. The van der Waals surface area contributed by atoms with Gasteiger partial charge in [-0.15, -0.1) is 24.2 Å². The third-order valence-electron chi connectivity index (χ3n) is 3.75. The van der Waals surface area contributed by atoms with Crippen molar-refractivity contribution in [1.29, 1.82) is 0 Å². The number of benzene rings is 1. The molecule has 0 amide bonds. The maximum absolute atomic E-state index is 12.4. The minimum Gasteiger partial charge on any atom is -0.303 e. The summed E-state index contributed by atoms with van der Waals surface area (Å²) in [6, 6.07) is 5.11. The van der Waals surface area contributed by atoms with E-state index in [9.17, 15) is 8.42 Å². The van der Waals surface area contributed by atoms with Gasteiger partial charge in [0.1, 0.15) is 0 Å². The van der Waals surface area contributed by atoms with Crippen LogP contribution in [0.25, 0.3) is 4.91 Å². The van der Waals surface area contributed by atoms with Crippen LogP contribution in [-0.2, 0) is 9.84 Å². The second kappa shape index (κ2) is 8.06. The monoisotopic (exact) mass is 381 g/mol. The van der Waals surface area contributed by atoms with Gasteiger partial charge >= 0.3 is 0 Å². The predicted molar refractivity (Wildman–Crippen MR) is 98.7 cm³/mol. The van der Waals surface area contributed by atoms with Gasteiger partial charge in [-0.05, 0) is 32.1 Å². The number of fused-ring (bicyclic) bond motifs is 1. The molecule has 7 heteroatoms. The first kappa shape index (κ1) is 19.8. The smallest absolute Gasteiger partial charge is 0.204 e. The largest absolute Gasteiger partial charge is 0.303 e. The fourth-order valence-corrected chi connectivity index (χ4v) is 5.70. The average Bonchev–Trinajstić information content (AvgIpc) is 2.64. The summed E-state index contributed by atoms with van der Waals surface area (Å²) in [5.41, 5.74) is 0.793. The summed E-state index contributed by atoms with van der Waals surface area (Å²) >= 11 is 7.55. The van der Waals surface area contributed by atoms with Gasteiger partial charge in [0.15, 0.2) is 0 Å². The van der Waals surface area contributed by atoms with E-state index in [-0.39, 0.29) is 12.4 Å². The molecule has 0 aliphatic carbocycles. The van der Waals surface area contributed by atoms with Crippen molar-refractivity contribution in [3.8, 4) is 0 Å². The first-order valence-electron chi connectivity index (χ1n) is 7.02. The molecule has 0 radical (unpaired) electrons. The van der Waals surface area contributed by atoms with Crippen LogP contribution in [0.2, 0.25) is 5.02 Å². The van der Waals surface area contributed by atoms with E-state index >= 15 is 0 Å². The Morgan fingerprint density at radius 3 is 2.45 bits per heavy atom. The summed E-state index contributed by atoms with van der Waals surface area (Å²) in [6.07, 6.45) is 0. The van der Waals surface area contributed by atoms with Gasteiger partial charge in [0.25, 0.3) is 0 Å². The number of hydrogen-bond donors (Lipinski definition) is 0. The van der Waals surface area contributed by atoms with Crippen LogP contribution < -0.4 is 0 Å². The lowest BCUT2D eigenvalue weighted by molar-refractivity contribution is 0.324. The van der Waals surface area contributed by atoms with E-state index in [4.69, 9.17) is 11.6 Å². The molecule has 0 aromatic heterocycles. The number of sulfone groups is 1. The summed E-state index contributed by atoms with van der Waals surface area (Å²) in [7, 11) is -3.36. The molecule has 0 unspecified atom stereocenters. The summed E-state index contributed by atoms with van der Waals surface area (Å²) in [6.45, 7) is 8.94. The van der Waals surface area contributed by atoms with E-state index in [2.05, 4.69) is 18.7 Å². The third kappa shape index (κ3) is 3.82. The topological polar surface area (TPSA) is 37.4 Å². The molecule has 0 saturated carbocycles. The summed E-state index contributed by atoms with van der Waals surface area (Å²) in [4.78, 5) is 3.99. The molecule has 1 aromatic carbocycles. The molecule has 1 aliphatic rings. The van der Waals surface area contributed by atoms with Gasteiger partial charge in [0, 0.05) is 27.8 Å². The van der Waals surface area contributed by atoms with Crippen molar-refractivity contribution in [2.24, 2.45) is 0 Å². The zero-order valence-corrected chi connectivity index (χ0v) is 16.1. The van der Waals surface area contributed by atoms with Crippen LogP contribution in [0.1, 0.15) is 26.3 Å². The molecule has 1 aliphatic heterocycles. The van der Waals surface area contributed by atoms with Crippen LogP contribution in [0.15, 0.2) is 28.0 Å². The first-order chi connectivity index (χ1) is 9.91. The van der Waals surface area contributed by atoms with Crippen molar-refractivity contribution in [2.75, 3.05) is 25.4 Å². The number of halogens is 2. The molecular formula is C15H21Cl2NO2S2. The van der Waals surface area contributed by atoms with E-state index < -0.39 is 9.84 Å². The van der Waals surface area contributed by atoms with Crippen LogP contribution in [0.4, 0.5) is 0 Å². The molecule has 1 aromatic rings. The SMILES string of the molecule is CCN(CC)CCSC1=C(C)S(=O)(=O)c2cc(Cl)ccc21.Cl. The highest BCUT2D eigenvalue weighted by Gasteiger charge is 2.33. The van der Waals surface area contributed by atoms with Gasteiger partial charge in [-0.25, -0.2) is 8.42 Å². The molecule has 3 nitrogen and oxygen atoms in total. The van der Waals surface area contributed by atoms with Gasteiger partial charge in [-0.1, -0.05) is 31.5 Å². The maximum atomic E-state index is 12.4. The van der Waals surface area contributed by atoms with Crippen molar-refractivity contribution in [1.82, 2.24) is 4.90 Å². The Labute approximate surface area is 148 Å². The molecule has 0 spiro atoms. The molecule has 0 saturated heterocycles. The van der Waals surface area contributed by atoms with Gasteiger partial charge in [-0.3, -0.25) is 0 Å². The number of nitrogens with zero attached hydrogens (tertiary/aromatic N) is 1. The highest BCUT2D eigenvalue weighted by molar-refractivity contribution is 8.10. The standard InChI is InChI=1S/C15H20ClNO2S2.ClH/c1-4-17(5-2)8-9-20-15-11(3)21(18,19)14-10-12(16)6-7-13(14)15;/h6-7,10H,4-5,8-9H2,1-3H3;1H. The highest BCUT2D eigenvalue weighted by atomic mass is 35.5. The number of allylic oxidation sites excluding steroid dienone is 1. The van der Waals surface area contributed by atoms with E-state index in [1.807, 2.05) is 6.07 Å². The number of rotatable bonds is 6. The van der Waals surface area contributed by atoms with Crippen molar-refractivity contribution in [3.63, 3.8) is 0 Å². The van der Waals surface area contributed by atoms with E-state index in [0.29, 0.717) is 14.8 Å². The van der Waals surface area contributed by atoms with Crippen LogP contribution in [-0.4, -0.2) is 38.7 Å². The number of hydrogen-bond acceptors (Lipinski definition) is 4. The Kier molecular flexibility index (Phi) is 7.27. The zero-order chi connectivity index (χ0) is 15.6. The Hall–Kier alpha value is -0.200. The maximum Gasteiger partial charge on any atom is 0.204 e. The van der Waals surface area contributed by atoms with E-state index in [0.717, 1.165) is 35.9 Å². The van der Waals surface area contributed by atoms with Crippen molar-refractivity contribution in [3.05, 3.63) is 33.7 Å². The average molecular weight is 382 g/mol. The van der Waals surface area contributed by atoms with Crippen LogP contribution in [0, 0.1) is 0 Å².